The van der Waals surface area contributed by atoms with Gasteiger partial charge in [0.25, 0.3) is 5.56 Å². The lowest BCUT2D eigenvalue weighted by Crippen LogP contribution is -2.42. The van der Waals surface area contributed by atoms with Gasteiger partial charge in [0.05, 0.1) is 11.0 Å². The molecule has 24 heavy (non-hydrogen) atoms. The molecule has 1 aliphatic rings. The Morgan fingerprint density at radius 1 is 1.38 bits per heavy atom. The van der Waals surface area contributed by atoms with Gasteiger partial charge in [-0.3, -0.25) is 19.1 Å². The molecule has 1 aromatic carbocycles. The maximum Gasteiger partial charge on any atom is 0.272 e. The van der Waals surface area contributed by atoms with E-state index in [0.717, 1.165) is 25.0 Å². The number of amides is 1. The number of para-hydroxylation sites is 2. The number of fused-ring (bicyclic) bond motifs is 1. The fourth-order valence-electron chi connectivity index (χ4n) is 3.45. The smallest absolute Gasteiger partial charge is 0.272 e. The maximum absolute atomic E-state index is 12.4. The minimum absolute atomic E-state index is 0.0293. The van der Waals surface area contributed by atoms with Crippen molar-refractivity contribution < 1.29 is 4.79 Å². The van der Waals surface area contributed by atoms with Crippen LogP contribution in [0, 0.1) is 6.92 Å². The van der Waals surface area contributed by atoms with Gasteiger partial charge in [-0.25, -0.2) is 4.98 Å². The quantitative estimate of drug-likeness (QED) is 0.898. The van der Waals surface area contributed by atoms with Crippen molar-refractivity contribution in [2.45, 2.75) is 39.3 Å². The molecule has 1 amide bonds. The lowest BCUT2D eigenvalue weighted by molar-refractivity contribution is -0.121. The maximum atomic E-state index is 12.4. The third-order valence-electron chi connectivity index (χ3n) is 4.76. The van der Waals surface area contributed by atoms with E-state index >= 15 is 0 Å². The van der Waals surface area contributed by atoms with Gasteiger partial charge in [-0.2, -0.15) is 0 Å². The molecule has 6 nitrogen and oxygen atoms in total. The SMILES string of the molecule is CCN1CCCC1CNC(=O)Cn1c(=O)c(C)nc2ccccc21. The molecule has 1 unspecified atom stereocenters. The fourth-order valence-corrected chi connectivity index (χ4v) is 3.45. The molecule has 0 spiro atoms. The van der Waals surface area contributed by atoms with Crippen molar-refractivity contribution in [2.75, 3.05) is 19.6 Å². The molecule has 2 heterocycles. The van der Waals surface area contributed by atoms with Crippen LogP contribution >= 0.6 is 0 Å². The van der Waals surface area contributed by atoms with Crippen LogP contribution in [0.3, 0.4) is 0 Å². The van der Waals surface area contributed by atoms with Crippen LogP contribution in [0.4, 0.5) is 0 Å². The molecule has 128 valence electrons. The molecule has 1 fully saturated rings. The third kappa shape index (κ3) is 3.33. The number of likely N-dealkylation sites (tertiary alicyclic amines) is 1. The van der Waals surface area contributed by atoms with E-state index in [4.69, 9.17) is 0 Å². The summed E-state index contributed by atoms with van der Waals surface area (Å²) in [6, 6.07) is 7.82. The first kappa shape index (κ1) is 16.6. The number of hydrogen-bond donors (Lipinski definition) is 1. The van der Waals surface area contributed by atoms with Crippen molar-refractivity contribution in [1.29, 1.82) is 0 Å². The average molecular weight is 328 g/mol. The molecule has 6 heteroatoms. The summed E-state index contributed by atoms with van der Waals surface area (Å²) in [5.74, 6) is -0.129. The molecule has 1 N–H and O–H groups in total. The lowest BCUT2D eigenvalue weighted by Gasteiger charge is -2.23. The molecule has 1 aromatic heterocycles. The molecule has 3 rings (SSSR count). The van der Waals surface area contributed by atoms with Gasteiger partial charge in [-0.1, -0.05) is 19.1 Å². The predicted molar refractivity (Wildman–Crippen MR) is 94.0 cm³/mol. The number of likely N-dealkylation sites (N-methyl/N-ethyl adjacent to an activating group) is 1. The van der Waals surface area contributed by atoms with Crippen LogP contribution in [0.25, 0.3) is 11.0 Å². The van der Waals surface area contributed by atoms with Crippen molar-refractivity contribution in [3.05, 3.63) is 40.3 Å². The highest BCUT2D eigenvalue weighted by molar-refractivity contribution is 5.80. The molecular formula is C18H24N4O2. The second kappa shape index (κ2) is 7.13. The largest absolute Gasteiger partial charge is 0.353 e. The van der Waals surface area contributed by atoms with Crippen LogP contribution in [0.5, 0.6) is 0 Å². The zero-order chi connectivity index (χ0) is 17.1. The van der Waals surface area contributed by atoms with E-state index in [2.05, 4.69) is 22.1 Å². The molecule has 1 aliphatic heterocycles. The van der Waals surface area contributed by atoms with Gasteiger partial charge in [0.15, 0.2) is 0 Å². The molecule has 0 aliphatic carbocycles. The highest BCUT2D eigenvalue weighted by atomic mass is 16.2. The Kier molecular flexibility index (Phi) is 4.94. The zero-order valence-electron chi connectivity index (χ0n) is 14.3. The van der Waals surface area contributed by atoms with E-state index in [-0.39, 0.29) is 18.0 Å². The van der Waals surface area contributed by atoms with Crippen LogP contribution in [0.2, 0.25) is 0 Å². The number of carbonyl (C=O) groups is 1. The Bertz CT molecular complexity index is 799. The van der Waals surface area contributed by atoms with Gasteiger partial charge in [-0.05, 0) is 45.0 Å². The van der Waals surface area contributed by atoms with Gasteiger partial charge in [-0.15, -0.1) is 0 Å². The average Bonchev–Trinajstić information content (AvgIpc) is 3.04. The van der Waals surface area contributed by atoms with Crippen molar-refractivity contribution in [3.8, 4) is 0 Å². The summed E-state index contributed by atoms with van der Waals surface area (Å²) in [5, 5.41) is 2.99. The summed E-state index contributed by atoms with van der Waals surface area (Å²) >= 11 is 0. The summed E-state index contributed by atoms with van der Waals surface area (Å²) in [5.41, 5.74) is 1.63. The number of carbonyl (C=O) groups excluding carboxylic acids is 1. The summed E-state index contributed by atoms with van der Waals surface area (Å²) in [6.07, 6.45) is 2.30. The summed E-state index contributed by atoms with van der Waals surface area (Å²) in [4.78, 5) is 31.4. The van der Waals surface area contributed by atoms with Gasteiger partial charge in [0.2, 0.25) is 5.91 Å². The molecule has 0 bridgehead atoms. The second-order valence-corrected chi connectivity index (χ2v) is 6.31. The first-order chi connectivity index (χ1) is 11.6. The van der Waals surface area contributed by atoms with Crippen molar-refractivity contribution in [3.63, 3.8) is 0 Å². The topological polar surface area (TPSA) is 67.2 Å². The Morgan fingerprint density at radius 2 is 2.17 bits per heavy atom. The normalized spacial score (nSPS) is 18.2. The monoisotopic (exact) mass is 328 g/mol. The van der Waals surface area contributed by atoms with Gasteiger partial charge >= 0.3 is 0 Å². The molecule has 1 atom stereocenters. The minimum Gasteiger partial charge on any atom is -0.353 e. The zero-order valence-corrected chi connectivity index (χ0v) is 14.3. The molecule has 2 aromatic rings. The van der Waals surface area contributed by atoms with Gasteiger partial charge in [0.1, 0.15) is 12.2 Å². The number of hydrogen-bond acceptors (Lipinski definition) is 4. The Labute approximate surface area is 141 Å². The summed E-state index contributed by atoms with van der Waals surface area (Å²) < 4.78 is 1.51. The number of benzene rings is 1. The Hall–Kier alpha value is -2.21. The first-order valence-corrected chi connectivity index (χ1v) is 8.57. The van der Waals surface area contributed by atoms with Crippen LogP contribution in [0.1, 0.15) is 25.5 Å². The Morgan fingerprint density at radius 3 is 2.96 bits per heavy atom. The minimum atomic E-state index is -0.208. The number of aryl methyl sites for hydroxylation is 1. The standard InChI is InChI=1S/C18H24N4O2/c1-3-21-10-6-7-14(21)11-19-17(23)12-22-16-9-5-4-8-15(16)20-13(2)18(22)24/h4-5,8-9,14H,3,6-7,10-12H2,1-2H3,(H,19,23). The van der Waals surface area contributed by atoms with Crippen LogP contribution in [-0.4, -0.2) is 46.0 Å². The third-order valence-corrected chi connectivity index (χ3v) is 4.76. The van der Waals surface area contributed by atoms with E-state index in [1.807, 2.05) is 24.3 Å². The van der Waals surface area contributed by atoms with Crippen LogP contribution < -0.4 is 10.9 Å². The summed E-state index contributed by atoms with van der Waals surface area (Å²) in [7, 11) is 0. The van der Waals surface area contributed by atoms with Crippen molar-refractivity contribution in [1.82, 2.24) is 19.8 Å². The van der Waals surface area contributed by atoms with Crippen molar-refractivity contribution in [2.24, 2.45) is 0 Å². The van der Waals surface area contributed by atoms with E-state index in [9.17, 15) is 9.59 Å². The van der Waals surface area contributed by atoms with Crippen LogP contribution in [-0.2, 0) is 11.3 Å². The van der Waals surface area contributed by atoms with E-state index in [1.165, 1.54) is 11.0 Å². The number of aromatic nitrogens is 2. The number of nitrogens with one attached hydrogen (secondary N) is 1. The van der Waals surface area contributed by atoms with E-state index < -0.39 is 0 Å². The second-order valence-electron chi connectivity index (χ2n) is 6.31. The molecule has 0 radical (unpaired) electrons. The molecule has 1 saturated heterocycles. The number of rotatable bonds is 5. The predicted octanol–water partition coefficient (Wildman–Crippen LogP) is 1.31. The van der Waals surface area contributed by atoms with Gasteiger partial charge in [0, 0.05) is 12.6 Å². The fraction of sp³-hybridized carbons (Fsp3) is 0.500. The molecule has 0 saturated carbocycles. The number of nitrogens with zero attached hydrogens (tertiary/aromatic N) is 3. The lowest BCUT2D eigenvalue weighted by atomic mass is 10.2. The highest BCUT2D eigenvalue weighted by Gasteiger charge is 2.23. The first-order valence-electron chi connectivity index (χ1n) is 8.57. The van der Waals surface area contributed by atoms with E-state index in [1.54, 1.807) is 6.92 Å². The molecular weight excluding hydrogens is 304 g/mol. The van der Waals surface area contributed by atoms with Crippen LogP contribution in [0.15, 0.2) is 29.1 Å². The van der Waals surface area contributed by atoms with E-state index in [0.29, 0.717) is 23.8 Å². The summed E-state index contributed by atoms with van der Waals surface area (Å²) in [6.45, 7) is 6.61. The Balaban J connectivity index is 1.74. The van der Waals surface area contributed by atoms with Crippen molar-refractivity contribution >= 4 is 16.9 Å². The van der Waals surface area contributed by atoms with Gasteiger partial charge < -0.3 is 5.32 Å². The highest BCUT2D eigenvalue weighted by Crippen LogP contribution is 2.15.